The van der Waals surface area contributed by atoms with Gasteiger partial charge in [0.2, 0.25) is 0 Å². The second-order valence-corrected chi connectivity index (χ2v) is 14.6. The molecule has 0 atom stereocenters. The molecule has 0 radical (unpaired) electrons. The van der Waals surface area contributed by atoms with E-state index in [0.717, 1.165) is 39.0 Å². The maximum absolute atomic E-state index is 6.44. The second kappa shape index (κ2) is 11.9. The summed E-state index contributed by atoms with van der Waals surface area (Å²) in [6.07, 6.45) is 0. The Kier molecular flexibility index (Phi) is 6.76. The van der Waals surface area contributed by atoms with Gasteiger partial charge in [0.15, 0.2) is 0 Å². The normalized spacial score (nSPS) is 11.8. The molecule has 3 heteroatoms. The van der Waals surface area contributed by atoms with Gasteiger partial charge >= 0.3 is 0 Å². The van der Waals surface area contributed by atoms with Crippen molar-refractivity contribution in [2.75, 3.05) is 4.90 Å². The molecule has 0 saturated carbocycles. The summed E-state index contributed by atoms with van der Waals surface area (Å²) in [5, 5.41) is 9.81. The Bertz CT molecular complexity index is 3170. The van der Waals surface area contributed by atoms with Crippen LogP contribution in [-0.4, -0.2) is 0 Å². The van der Waals surface area contributed by atoms with Crippen LogP contribution in [0.2, 0.25) is 0 Å². The van der Waals surface area contributed by atoms with E-state index in [2.05, 4.69) is 187 Å². The zero-order chi connectivity index (χ0) is 34.9. The van der Waals surface area contributed by atoms with Crippen LogP contribution in [0, 0.1) is 0 Å². The predicted molar refractivity (Wildman–Crippen MR) is 227 cm³/mol. The Labute approximate surface area is 310 Å². The number of para-hydroxylation sites is 1. The quantitative estimate of drug-likeness (QED) is 0.167. The molecule has 0 bridgehead atoms. The van der Waals surface area contributed by atoms with E-state index in [1.165, 1.54) is 64.0 Å². The minimum Gasteiger partial charge on any atom is -0.456 e. The highest BCUT2D eigenvalue weighted by atomic mass is 32.1. The van der Waals surface area contributed by atoms with Crippen LogP contribution < -0.4 is 4.90 Å². The van der Waals surface area contributed by atoms with Crippen LogP contribution in [0.15, 0.2) is 192 Å². The van der Waals surface area contributed by atoms with Crippen LogP contribution in [0.1, 0.15) is 0 Å². The molecule has 11 rings (SSSR count). The van der Waals surface area contributed by atoms with Crippen molar-refractivity contribution >= 4 is 92.1 Å². The van der Waals surface area contributed by atoms with Crippen molar-refractivity contribution in [3.8, 4) is 22.3 Å². The first-order valence-corrected chi connectivity index (χ1v) is 18.8. The van der Waals surface area contributed by atoms with Crippen molar-refractivity contribution in [3.63, 3.8) is 0 Å². The van der Waals surface area contributed by atoms with Crippen LogP contribution in [-0.2, 0) is 0 Å². The average molecular weight is 694 g/mol. The first-order valence-electron chi connectivity index (χ1n) is 18.0. The van der Waals surface area contributed by atoms with Crippen molar-refractivity contribution in [1.82, 2.24) is 0 Å². The van der Waals surface area contributed by atoms with Crippen LogP contribution in [0.25, 0.3) is 85.9 Å². The Morgan fingerprint density at radius 2 is 0.981 bits per heavy atom. The number of hydrogen-bond donors (Lipinski definition) is 0. The van der Waals surface area contributed by atoms with Crippen LogP contribution in [0.4, 0.5) is 17.1 Å². The van der Waals surface area contributed by atoms with Crippen molar-refractivity contribution in [2.45, 2.75) is 0 Å². The molecule has 0 spiro atoms. The largest absolute Gasteiger partial charge is 0.456 e. The number of anilines is 3. The molecule has 2 heterocycles. The summed E-state index contributed by atoms with van der Waals surface area (Å²) in [5.74, 6) is 0. The molecule has 0 saturated heterocycles. The Balaban J connectivity index is 1.16. The van der Waals surface area contributed by atoms with E-state index in [0.29, 0.717) is 0 Å². The maximum Gasteiger partial charge on any atom is 0.137 e. The smallest absolute Gasteiger partial charge is 0.137 e. The fourth-order valence-corrected chi connectivity index (χ4v) is 9.60. The van der Waals surface area contributed by atoms with Crippen LogP contribution >= 0.6 is 11.3 Å². The summed E-state index contributed by atoms with van der Waals surface area (Å²) in [7, 11) is 0. The minimum absolute atomic E-state index is 0.878. The molecule has 0 aliphatic rings. The van der Waals surface area contributed by atoms with Gasteiger partial charge in [0.05, 0.1) is 21.5 Å². The Hall–Kier alpha value is -6.68. The van der Waals surface area contributed by atoms with Gasteiger partial charge in [-0.05, 0) is 86.3 Å². The van der Waals surface area contributed by atoms with Gasteiger partial charge in [-0.1, -0.05) is 146 Å². The average Bonchev–Trinajstić information content (AvgIpc) is 3.81. The molecule has 0 N–H and O–H groups in total. The zero-order valence-corrected chi connectivity index (χ0v) is 29.5. The lowest BCUT2D eigenvalue weighted by molar-refractivity contribution is 0.669. The SMILES string of the molecule is c1ccc(-c2cccc3c2sc2c(N(c4ccc(-c5cc6ccccc6c6ccccc56)cc4)c4cccc5oc6ccccc6c45)cccc23)cc1. The predicted octanol–water partition coefficient (Wildman–Crippen LogP) is 15.1. The van der Waals surface area contributed by atoms with E-state index in [4.69, 9.17) is 4.42 Å². The van der Waals surface area contributed by atoms with Crippen molar-refractivity contribution < 1.29 is 4.42 Å². The number of benzene rings is 9. The first-order chi connectivity index (χ1) is 26.3. The third kappa shape index (κ3) is 4.71. The monoisotopic (exact) mass is 693 g/mol. The van der Waals surface area contributed by atoms with Gasteiger partial charge in [0, 0.05) is 26.5 Å². The summed E-state index contributed by atoms with van der Waals surface area (Å²) in [6.45, 7) is 0. The van der Waals surface area contributed by atoms with Gasteiger partial charge in [0.25, 0.3) is 0 Å². The molecule has 0 aliphatic carbocycles. The van der Waals surface area contributed by atoms with Crippen LogP contribution in [0.5, 0.6) is 0 Å². The number of hydrogen-bond acceptors (Lipinski definition) is 3. The number of nitrogens with zero attached hydrogens (tertiary/aromatic N) is 1. The highest BCUT2D eigenvalue weighted by Gasteiger charge is 2.23. The van der Waals surface area contributed by atoms with Gasteiger partial charge in [-0.2, -0.15) is 0 Å². The van der Waals surface area contributed by atoms with E-state index in [1.807, 2.05) is 17.4 Å². The van der Waals surface area contributed by atoms with Crippen LogP contribution in [0.3, 0.4) is 0 Å². The molecule has 0 aliphatic heterocycles. The van der Waals surface area contributed by atoms with E-state index in [-0.39, 0.29) is 0 Å². The summed E-state index contributed by atoms with van der Waals surface area (Å²) in [6, 6.07) is 67.9. The molecule has 53 heavy (non-hydrogen) atoms. The standard InChI is InChI=1S/C50H31NOS/c1-2-13-32(14-3-1)37-20-10-21-40-41-22-11-24-45(50(41)53-49(37)40)51(44-23-12-26-47-48(44)42-19-8-9-25-46(42)52-47)35-29-27-33(28-30-35)43-31-34-15-4-5-16-36(34)38-17-6-7-18-39(38)43/h1-31H. The Morgan fingerprint density at radius 1 is 0.377 bits per heavy atom. The van der Waals surface area contributed by atoms with Gasteiger partial charge in [0.1, 0.15) is 11.2 Å². The minimum atomic E-state index is 0.878. The topological polar surface area (TPSA) is 16.4 Å². The second-order valence-electron chi connectivity index (χ2n) is 13.6. The third-order valence-corrected chi connectivity index (χ3v) is 11.9. The number of rotatable bonds is 5. The molecule has 248 valence electrons. The first kappa shape index (κ1) is 30.0. The molecule has 0 unspecified atom stereocenters. The Morgan fingerprint density at radius 3 is 1.83 bits per heavy atom. The summed E-state index contributed by atoms with van der Waals surface area (Å²) in [5.41, 5.74) is 10.0. The van der Waals surface area contributed by atoms with E-state index in [1.54, 1.807) is 0 Å². The number of thiophene rings is 1. The van der Waals surface area contributed by atoms with E-state index >= 15 is 0 Å². The lowest BCUT2D eigenvalue weighted by atomic mass is 9.93. The van der Waals surface area contributed by atoms with Crippen molar-refractivity contribution in [3.05, 3.63) is 188 Å². The number of fused-ring (bicyclic) bond motifs is 9. The maximum atomic E-state index is 6.44. The van der Waals surface area contributed by atoms with Gasteiger partial charge < -0.3 is 9.32 Å². The molecule has 9 aromatic carbocycles. The summed E-state index contributed by atoms with van der Waals surface area (Å²) in [4.78, 5) is 2.44. The van der Waals surface area contributed by atoms with Crippen molar-refractivity contribution in [2.24, 2.45) is 0 Å². The molecule has 11 aromatic rings. The molecule has 2 aromatic heterocycles. The van der Waals surface area contributed by atoms with Gasteiger partial charge in [-0.3, -0.25) is 0 Å². The molecule has 0 amide bonds. The molecular weight excluding hydrogens is 663 g/mol. The van der Waals surface area contributed by atoms with Gasteiger partial charge in [-0.25, -0.2) is 0 Å². The lowest BCUT2D eigenvalue weighted by Gasteiger charge is -2.27. The molecule has 0 fully saturated rings. The highest BCUT2D eigenvalue weighted by Crippen LogP contribution is 2.49. The highest BCUT2D eigenvalue weighted by molar-refractivity contribution is 7.27. The fraction of sp³-hybridized carbons (Fsp3) is 0. The molecule has 2 nitrogen and oxygen atoms in total. The third-order valence-electron chi connectivity index (χ3n) is 10.7. The van der Waals surface area contributed by atoms with E-state index in [9.17, 15) is 0 Å². The van der Waals surface area contributed by atoms with Gasteiger partial charge in [-0.15, -0.1) is 11.3 Å². The molecular formula is C50H31NOS. The summed E-state index contributed by atoms with van der Waals surface area (Å²) >= 11 is 1.88. The fourth-order valence-electron chi connectivity index (χ4n) is 8.26. The lowest BCUT2D eigenvalue weighted by Crippen LogP contribution is -2.10. The van der Waals surface area contributed by atoms with Crippen molar-refractivity contribution in [1.29, 1.82) is 0 Å². The van der Waals surface area contributed by atoms with E-state index < -0.39 is 0 Å². The zero-order valence-electron chi connectivity index (χ0n) is 28.7. The summed E-state index contributed by atoms with van der Waals surface area (Å²) < 4.78 is 8.99. The number of furan rings is 1.